The monoisotopic (exact) mass is 354 g/mol. The highest BCUT2D eigenvalue weighted by atomic mass is 16.5. The molecular formula is C22H30N2O2. The number of aryl methyl sites for hydroxylation is 2. The Kier molecular flexibility index (Phi) is 6.04. The number of hydrogen-bond donors (Lipinski definition) is 0. The number of anilines is 1. The molecule has 4 nitrogen and oxygen atoms in total. The minimum Gasteiger partial charge on any atom is -0.496 e. The summed E-state index contributed by atoms with van der Waals surface area (Å²) in [7, 11) is 3.46. The number of hydrogen-bond acceptors (Lipinski definition) is 4. The summed E-state index contributed by atoms with van der Waals surface area (Å²) in [5.41, 5.74) is 5.09. The highest BCUT2D eigenvalue weighted by molar-refractivity contribution is 5.53. The minimum absolute atomic E-state index is 0.960. The Balaban J connectivity index is 1.51. The Hall–Kier alpha value is -2.20. The normalized spacial score (nSPS) is 15.2. The quantitative estimate of drug-likeness (QED) is 0.790. The van der Waals surface area contributed by atoms with Crippen molar-refractivity contribution in [3.63, 3.8) is 0 Å². The van der Waals surface area contributed by atoms with E-state index >= 15 is 0 Å². The van der Waals surface area contributed by atoms with Crippen LogP contribution >= 0.6 is 0 Å². The van der Waals surface area contributed by atoms with Crippen molar-refractivity contribution >= 4 is 5.69 Å². The van der Waals surface area contributed by atoms with Gasteiger partial charge in [-0.15, -0.1) is 0 Å². The van der Waals surface area contributed by atoms with E-state index in [4.69, 9.17) is 9.47 Å². The fourth-order valence-electron chi connectivity index (χ4n) is 3.67. The number of nitrogens with zero attached hydrogens (tertiary/aromatic N) is 2. The van der Waals surface area contributed by atoms with Gasteiger partial charge in [0.2, 0.25) is 0 Å². The second-order valence-corrected chi connectivity index (χ2v) is 7.04. The maximum Gasteiger partial charge on any atom is 0.121 e. The maximum absolute atomic E-state index is 5.37. The predicted molar refractivity (Wildman–Crippen MR) is 108 cm³/mol. The Labute approximate surface area is 157 Å². The van der Waals surface area contributed by atoms with Gasteiger partial charge < -0.3 is 14.4 Å². The molecule has 0 saturated carbocycles. The van der Waals surface area contributed by atoms with Crippen molar-refractivity contribution in [1.82, 2.24) is 4.90 Å². The molecule has 1 aliphatic heterocycles. The first-order valence-electron chi connectivity index (χ1n) is 9.36. The van der Waals surface area contributed by atoms with E-state index in [0.29, 0.717) is 0 Å². The van der Waals surface area contributed by atoms with Crippen LogP contribution in [-0.2, 0) is 6.42 Å². The summed E-state index contributed by atoms with van der Waals surface area (Å²) in [6.45, 7) is 9.70. The van der Waals surface area contributed by atoms with E-state index in [9.17, 15) is 0 Å². The molecule has 0 radical (unpaired) electrons. The first-order chi connectivity index (χ1) is 12.6. The molecule has 4 heteroatoms. The van der Waals surface area contributed by atoms with E-state index in [2.05, 4.69) is 60.0 Å². The van der Waals surface area contributed by atoms with Crippen LogP contribution in [0.3, 0.4) is 0 Å². The lowest BCUT2D eigenvalue weighted by molar-refractivity contribution is 0.261. The molecule has 1 fully saturated rings. The SMILES string of the molecule is COc1ccc(CCN2CCN(c3ccc(OC)c(C)c3)CC2)cc1C. The average Bonchev–Trinajstić information content (AvgIpc) is 2.67. The molecule has 1 aliphatic rings. The van der Waals surface area contributed by atoms with Crippen molar-refractivity contribution in [3.8, 4) is 11.5 Å². The number of piperazine rings is 1. The van der Waals surface area contributed by atoms with Crippen molar-refractivity contribution in [3.05, 3.63) is 53.1 Å². The van der Waals surface area contributed by atoms with Crippen molar-refractivity contribution in [2.24, 2.45) is 0 Å². The molecule has 0 aromatic heterocycles. The van der Waals surface area contributed by atoms with Crippen molar-refractivity contribution < 1.29 is 9.47 Å². The Morgan fingerprint density at radius 3 is 2.00 bits per heavy atom. The molecule has 1 saturated heterocycles. The number of methoxy groups -OCH3 is 2. The van der Waals surface area contributed by atoms with Crippen LogP contribution in [-0.4, -0.2) is 51.8 Å². The average molecular weight is 354 g/mol. The predicted octanol–water partition coefficient (Wildman–Crippen LogP) is 3.69. The molecule has 0 spiro atoms. The van der Waals surface area contributed by atoms with E-state index in [1.807, 2.05) is 0 Å². The summed E-state index contributed by atoms with van der Waals surface area (Å²) in [6, 6.07) is 13.0. The van der Waals surface area contributed by atoms with Gasteiger partial charge in [-0.3, -0.25) is 4.90 Å². The fourth-order valence-corrected chi connectivity index (χ4v) is 3.67. The molecule has 140 valence electrons. The van der Waals surface area contributed by atoms with Crippen LogP contribution in [0.2, 0.25) is 0 Å². The van der Waals surface area contributed by atoms with Gasteiger partial charge in [0.25, 0.3) is 0 Å². The Morgan fingerprint density at radius 2 is 1.42 bits per heavy atom. The topological polar surface area (TPSA) is 24.9 Å². The third-order valence-corrected chi connectivity index (χ3v) is 5.29. The van der Waals surface area contributed by atoms with Gasteiger partial charge in [0.1, 0.15) is 11.5 Å². The third kappa shape index (κ3) is 4.31. The second-order valence-electron chi connectivity index (χ2n) is 7.04. The van der Waals surface area contributed by atoms with Gasteiger partial charge >= 0.3 is 0 Å². The molecular weight excluding hydrogens is 324 g/mol. The molecule has 3 rings (SSSR count). The summed E-state index contributed by atoms with van der Waals surface area (Å²) in [6.07, 6.45) is 1.09. The van der Waals surface area contributed by atoms with Crippen LogP contribution in [0.5, 0.6) is 11.5 Å². The first-order valence-corrected chi connectivity index (χ1v) is 9.36. The van der Waals surface area contributed by atoms with E-state index in [1.165, 1.54) is 22.4 Å². The molecule has 0 aliphatic carbocycles. The smallest absolute Gasteiger partial charge is 0.121 e. The van der Waals surface area contributed by atoms with Gasteiger partial charge in [-0.2, -0.15) is 0 Å². The zero-order valence-electron chi connectivity index (χ0n) is 16.4. The van der Waals surface area contributed by atoms with Gasteiger partial charge in [0.15, 0.2) is 0 Å². The molecule has 2 aromatic rings. The van der Waals surface area contributed by atoms with E-state index < -0.39 is 0 Å². The maximum atomic E-state index is 5.37. The largest absolute Gasteiger partial charge is 0.496 e. The highest BCUT2D eigenvalue weighted by Crippen LogP contribution is 2.25. The standard InChI is InChI=1S/C22H30N2O2/c1-17-15-19(5-7-21(17)25-3)9-10-23-11-13-24(14-12-23)20-6-8-22(26-4)18(2)16-20/h5-8,15-16H,9-14H2,1-4H3. The molecule has 2 aromatic carbocycles. The van der Waals surface area contributed by atoms with E-state index in [0.717, 1.165) is 50.6 Å². The molecule has 0 unspecified atom stereocenters. The Morgan fingerprint density at radius 1 is 0.808 bits per heavy atom. The third-order valence-electron chi connectivity index (χ3n) is 5.29. The summed E-state index contributed by atoms with van der Waals surface area (Å²) < 4.78 is 10.7. The van der Waals surface area contributed by atoms with Gasteiger partial charge in [-0.05, 0) is 61.2 Å². The van der Waals surface area contributed by atoms with Gasteiger partial charge in [0, 0.05) is 38.4 Å². The van der Waals surface area contributed by atoms with Crippen LogP contribution in [0.15, 0.2) is 36.4 Å². The summed E-state index contributed by atoms with van der Waals surface area (Å²) in [5, 5.41) is 0. The zero-order valence-corrected chi connectivity index (χ0v) is 16.4. The molecule has 26 heavy (non-hydrogen) atoms. The van der Waals surface area contributed by atoms with Crippen LogP contribution in [0.1, 0.15) is 16.7 Å². The van der Waals surface area contributed by atoms with Crippen molar-refractivity contribution in [2.75, 3.05) is 51.8 Å². The highest BCUT2D eigenvalue weighted by Gasteiger charge is 2.17. The summed E-state index contributed by atoms with van der Waals surface area (Å²) in [4.78, 5) is 5.03. The van der Waals surface area contributed by atoms with Gasteiger partial charge in [-0.1, -0.05) is 12.1 Å². The molecule has 0 bridgehead atoms. The molecule has 0 N–H and O–H groups in total. The molecule has 1 heterocycles. The first kappa shape index (κ1) is 18.6. The fraction of sp³-hybridized carbons (Fsp3) is 0.455. The Bertz CT molecular complexity index is 737. The minimum atomic E-state index is 0.960. The lowest BCUT2D eigenvalue weighted by Crippen LogP contribution is -2.47. The number of rotatable bonds is 6. The van der Waals surface area contributed by atoms with Crippen LogP contribution in [0.25, 0.3) is 0 Å². The van der Waals surface area contributed by atoms with Gasteiger partial charge in [0.05, 0.1) is 14.2 Å². The number of benzene rings is 2. The molecule has 0 amide bonds. The number of ether oxygens (including phenoxy) is 2. The van der Waals surface area contributed by atoms with Crippen molar-refractivity contribution in [1.29, 1.82) is 0 Å². The second kappa shape index (κ2) is 8.45. The zero-order chi connectivity index (χ0) is 18.5. The lowest BCUT2D eigenvalue weighted by atomic mass is 10.1. The summed E-state index contributed by atoms with van der Waals surface area (Å²) >= 11 is 0. The van der Waals surface area contributed by atoms with Gasteiger partial charge in [-0.25, -0.2) is 0 Å². The van der Waals surface area contributed by atoms with Crippen LogP contribution in [0.4, 0.5) is 5.69 Å². The van der Waals surface area contributed by atoms with Crippen LogP contribution in [0, 0.1) is 13.8 Å². The van der Waals surface area contributed by atoms with Crippen molar-refractivity contribution in [2.45, 2.75) is 20.3 Å². The van der Waals surface area contributed by atoms with E-state index in [-0.39, 0.29) is 0 Å². The van der Waals surface area contributed by atoms with E-state index in [1.54, 1.807) is 14.2 Å². The molecule has 0 atom stereocenters. The summed E-state index contributed by atoms with van der Waals surface area (Å²) in [5.74, 6) is 1.93. The van der Waals surface area contributed by atoms with Crippen LogP contribution < -0.4 is 14.4 Å². The lowest BCUT2D eigenvalue weighted by Gasteiger charge is -2.36.